The second-order valence-electron chi connectivity index (χ2n) is 8.57. The van der Waals surface area contributed by atoms with E-state index in [1.54, 1.807) is 6.20 Å². The molecule has 0 saturated carbocycles. The van der Waals surface area contributed by atoms with Gasteiger partial charge in [0.15, 0.2) is 0 Å². The smallest absolute Gasteiger partial charge is 0.144 e. The number of nitrogens with zero attached hydrogens (tertiary/aromatic N) is 4. The number of amidine groups is 1. The minimum absolute atomic E-state index is 0.0677. The number of pyridine rings is 1. The van der Waals surface area contributed by atoms with Crippen LogP contribution in [0.3, 0.4) is 0 Å². The number of morpholine rings is 1. The Morgan fingerprint density at radius 3 is 2.82 bits per heavy atom. The van der Waals surface area contributed by atoms with E-state index in [1.165, 1.54) is 18.2 Å². The maximum Gasteiger partial charge on any atom is 0.144 e. The topological polar surface area (TPSA) is 87.7 Å². The summed E-state index contributed by atoms with van der Waals surface area (Å²) in [5, 5.41) is 10.5. The van der Waals surface area contributed by atoms with Crippen molar-refractivity contribution in [3.63, 3.8) is 0 Å². The first-order valence-electron chi connectivity index (χ1n) is 10.9. The van der Waals surface area contributed by atoms with Crippen molar-refractivity contribution >= 4 is 23.0 Å². The Morgan fingerprint density at radius 1 is 1.18 bits per heavy atom. The zero-order valence-electron chi connectivity index (χ0n) is 18.0. The van der Waals surface area contributed by atoms with Crippen LogP contribution in [0.2, 0.25) is 0 Å². The molecule has 1 atom stereocenters. The molecule has 0 unspecified atom stereocenters. The molecule has 33 heavy (non-hydrogen) atoms. The van der Waals surface area contributed by atoms with E-state index in [4.69, 9.17) is 9.47 Å². The Balaban J connectivity index is 1.43. The molecule has 2 saturated heterocycles. The first-order chi connectivity index (χ1) is 16.0. The summed E-state index contributed by atoms with van der Waals surface area (Å²) in [6, 6.07) is 5.68. The van der Waals surface area contributed by atoms with E-state index in [-0.39, 0.29) is 17.0 Å². The molecule has 10 heteroatoms. The maximum absolute atomic E-state index is 14.6. The predicted octanol–water partition coefficient (Wildman–Crippen LogP) is 3.56. The molecule has 3 aromatic rings. The molecule has 2 aromatic heterocycles. The quantitative estimate of drug-likeness (QED) is 0.618. The van der Waals surface area contributed by atoms with Gasteiger partial charge in [0.2, 0.25) is 0 Å². The lowest BCUT2D eigenvalue weighted by Crippen LogP contribution is -2.52. The molecule has 1 spiro atoms. The lowest BCUT2D eigenvalue weighted by molar-refractivity contribution is -0.0581. The van der Waals surface area contributed by atoms with E-state index in [0.29, 0.717) is 55.7 Å². The Kier molecular flexibility index (Phi) is 4.66. The van der Waals surface area contributed by atoms with Crippen molar-refractivity contribution in [3.8, 4) is 11.3 Å². The molecule has 0 radical (unpaired) electrons. The SMILES string of the molecule is Cc1[nH]nc2c1N=C(c1c(F)cccc1F)Nc1cnc(N3CCO[C@]4(CCOC4)C3)cc1-2. The highest BCUT2D eigenvalue weighted by molar-refractivity contribution is 6.13. The van der Waals surface area contributed by atoms with Crippen molar-refractivity contribution in [2.75, 3.05) is 43.1 Å². The molecule has 8 nitrogen and oxygen atoms in total. The van der Waals surface area contributed by atoms with Crippen molar-refractivity contribution in [3.05, 3.63) is 53.4 Å². The molecular weight excluding hydrogens is 430 g/mol. The van der Waals surface area contributed by atoms with Crippen LogP contribution in [0.15, 0.2) is 35.5 Å². The van der Waals surface area contributed by atoms with Crippen LogP contribution < -0.4 is 10.2 Å². The molecule has 3 aliphatic rings. The molecule has 2 N–H and O–H groups in total. The van der Waals surface area contributed by atoms with E-state index in [1.807, 2.05) is 13.0 Å². The Hall–Kier alpha value is -3.37. The highest BCUT2D eigenvalue weighted by Gasteiger charge is 2.41. The fourth-order valence-electron chi connectivity index (χ4n) is 4.64. The van der Waals surface area contributed by atoms with E-state index < -0.39 is 11.6 Å². The van der Waals surface area contributed by atoms with Crippen molar-refractivity contribution in [1.29, 1.82) is 0 Å². The molecule has 1 aromatic carbocycles. The molecule has 170 valence electrons. The van der Waals surface area contributed by atoms with Gasteiger partial charge in [0, 0.05) is 25.1 Å². The number of aromatic amines is 1. The van der Waals surface area contributed by atoms with Gasteiger partial charge in [0.1, 0.15) is 40.3 Å². The lowest BCUT2D eigenvalue weighted by atomic mass is 10.0. The summed E-state index contributed by atoms with van der Waals surface area (Å²) in [6.45, 7) is 5.06. The van der Waals surface area contributed by atoms with Gasteiger partial charge in [0.05, 0.1) is 42.9 Å². The number of rotatable bonds is 2. The average molecular weight is 452 g/mol. The van der Waals surface area contributed by atoms with Gasteiger partial charge in [-0.15, -0.1) is 0 Å². The number of ether oxygens (including phenoxy) is 2. The Labute approximate surface area is 188 Å². The fourth-order valence-corrected chi connectivity index (χ4v) is 4.64. The number of benzene rings is 1. The van der Waals surface area contributed by atoms with Crippen molar-refractivity contribution < 1.29 is 18.3 Å². The third-order valence-electron chi connectivity index (χ3n) is 6.38. The first kappa shape index (κ1) is 20.3. The van der Waals surface area contributed by atoms with Crippen LogP contribution in [0.1, 0.15) is 17.7 Å². The number of hydrogen-bond acceptors (Lipinski definition) is 7. The fraction of sp³-hybridized carbons (Fsp3) is 0.348. The van der Waals surface area contributed by atoms with Crippen molar-refractivity contribution in [1.82, 2.24) is 15.2 Å². The number of aliphatic imine (C=N–C) groups is 1. The highest BCUT2D eigenvalue weighted by Crippen LogP contribution is 2.40. The Morgan fingerprint density at radius 2 is 2.03 bits per heavy atom. The molecule has 2 fully saturated rings. The highest BCUT2D eigenvalue weighted by atomic mass is 19.1. The molecule has 5 heterocycles. The number of hydrogen-bond donors (Lipinski definition) is 2. The second-order valence-corrected chi connectivity index (χ2v) is 8.57. The first-order valence-corrected chi connectivity index (χ1v) is 10.9. The number of anilines is 2. The predicted molar refractivity (Wildman–Crippen MR) is 119 cm³/mol. The van der Waals surface area contributed by atoms with E-state index in [0.717, 1.165) is 17.8 Å². The normalized spacial score (nSPS) is 21.9. The van der Waals surface area contributed by atoms with Gasteiger partial charge in [-0.05, 0) is 25.1 Å². The number of aromatic nitrogens is 3. The number of aryl methyl sites for hydroxylation is 1. The van der Waals surface area contributed by atoms with Gasteiger partial charge in [-0.2, -0.15) is 5.10 Å². The molecule has 0 amide bonds. The van der Waals surface area contributed by atoms with Gasteiger partial charge in [-0.1, -0.05) is 6.07 Å². The van der Waals surface area contributed by atoms with E-state index >= 15 is 0 Å². The summed E-state index contributed by atoms with van der Waals surface area (Å²) < 4.78 is 40.8. The monoisotopic (exact) mass is 452 g/mol. The maximum atomic E-state index is 14.6. The third-order valence-corrected chi connectivity index (χ3v) is 6.38. The lowest BCUT2D eigenvalue weighted by Gasteiger charge is -2.40. The largest absolute Gasteiger partial charge is 0.378 e. The van der Waals surface area contributed by atoms with Crippen molar-refractivity contribution in [2.24, 2.45) is 4.99 Å². The molecule has 0 aliphatic carbocycles. The summed E-state index contributed by atoms with van der Waals surface area (Å²) in [6.07, 6.45) is 2.51. The van der Waals surface area contributed by atoms with Crippen LogP contribution in [-0.2, 0) is 9.47 Å². The average Bonchev–Trinajstić information content (AvgIpc) is 3.36. The standard InChI is InChI=1S/C23H22F2N6O2/c1-13-20-21(30-29-13)14-9-18(31-6-8-33-23(11-31)5-7-32-12-23)26-10-17(14)27-22(28-20)19-15(24)3-2-4-16(19)25/h2-4,9-10H,5-8,11-12H2,1H3,(H,27,28)(H,29,30)/t23-/m1/s1. The zero-order valence-corrected chi connectivity index (χ0v) is 18.0. The number of nitrogens with one attached hydrogen (secondary N) is 2. The number of H-pyrrole nitrogens is 1. The molecule has 6 rings (SSSR count). The van der Waals surface area contributed by atoms with Crippen LogP contribution in [0.4, 0.5) is 26.0 Å². The number of halogens is 2. The summed E-state index contributed by atoms with van der Waals surface area (Å²) in [4.78, 5) is 11.4. The second kappa shape index (κ2) is 7.60. The summed E-state index contributed by atoms with van der Waals surface area (Å²) in [5.74, 6) is -0.556. The van der Waals surface area contributed by atoms with Crippen LogP contribution in [0, 0.1) is 18.6 Å². The third kappa shape index (κ3) is 3.37. The van der Waals surface area contributed by atoms with Crippen LogP contribution >= 0.6 is 0 Å². The summed E-state index contributed by atoms with van der Waals surface area (Å²) in [7, 11) is 0. The number of fused-ring (bicyclic) bond motifs is 3. The molecule has 0 bridgehead atoms. The van der Waals surface area contributed by atoms with E-state index in [9.17, 15) is 8.78 Å². The summed E-state index contributed by atoms with van der Waals surface area (Å²) >= 11 is 0. The molecular formula is C23H22F2N6O2. The van der Waals surface area contributed by atoms with Gasteiger partial charge in [-0.3, -0.25) is 5.10 Å². The van der Waals surface area contributed by atoms with Crippen molar-refractivity contribution in [2.45, 2.75) is 18.9 Å². The van der Waals surface area contributed by atoms with Gasteiger partial charge in [-0.25, -0.2) is 18.8 Å². The van der Waals surface area contributed by atoms with Crippen LogP contribution in [0.25, 0.3) is 11.3 Å². The van der Waals surface area contributed by atoms with Gasteiger partial charge in [0.25, 0.3) is 0 Å². The van der Waals surface area contributed by atoms with Crippen LogP contribution in [-0.4, -0.2) is 59.5 Å². The minimum Gasteiger partial charge on any atom is -0.378 e. The summed E-state index contributed by atoms with van der Waals surface area (Å²) in [5.41, 5.74) is 2.60. The zero-order chi connectivity index (χ0) is 22.6. The van der Waals surface area contributed by atoms with Crippen LogP contribution in [0.5, 0.6) is 0 Å². The molecule has 3 aliphatic heterocycles. The van der Waals surface area contributed by atoms with E-state index in [2.05, 4.69) is 30.4 Å². The minimum atomic E-state index is -0.700. The van der Waals surface area contributed by atoms with Gasteiger partial charge < -0.3 is 19.7 Å². The Bertz CT molecular complexity index is 1250. The van der Waals surface area contributed by atoms with Gasteiger partial charge >= 0.3 is 0 Å².